The number of hydrogen-bond donors (Lipinski definition) is 9. The number of nitrogens with zero attached hydrogens (tertiary/aromatic N) is 1. The van der Waals surface area contributed by atoms with E-state index in [0.717, 1.165) is 22.6 Å². The molecule has 0 aliphatic heterocycles. The van der Waals surface area contributed by atoms with Crippen molar-refractivity contribution in [1.29, 1.82) is 0 Å². The predicted molar refractivity (Wildman–Crippen MR) is 208 cm³/mol. The summed E-state index contributed by atoms with van der Waals surface area (Å²) in [6.07, 6.45) is 1.69. The van der Waals surface area contributed by atoms with E-state index in [1.807, 2.05) is 42.5 Å². The average Bonchev–Trinajstić information content (AvgIpc) is 3.11. The number of nitrogens with one attached hydrogen (secondary N) is 6. The van der Waals surface area contributed by atoms with Crippen molar-refractivity contribution in [3.05, 3.63) is 92.9 Å². The number of ether oxygens (including phenoxy) is 1. The van der Waals surface area contributed by atoms with Gasteiger partial charge in [0.1, 0.15) is 16.0 Å². The normalized spacial score (nSPS) is 11.5. The molecule has 4 aromatic carbocycles. The number of hydrazone groups is 1. The van der Waals surface area contributed by atoms with Gasteiger partial charge in [-0.1, -0.05) is 54.7 Å². The van der Waals surface area contributed by atoms with Crippen molar-refractivity contribution in [2.75, 3.05) is 37.0 Å². The number of thiocarbonyl (C=S) groups is 2. The number of aliphatic hydroxyl groups excluding tert-OH is 1. The Morgan fingerprint density at radius 1 is 0.880 bits per heavy atom. The number of hydrogen-bond acceptors (Lipinski definition) is 10. The van der Waals surface area contributed by atoms with Crippen LogP contribution in [0.25, 0.3) is 10.8 Å². The lowest BCUT2D eigenvalue weighted by Gasteiger charge is -2.19. The highest BCUT2D eigenvalue weighted by molar-refractivity contribution is 9.11. The number of carbonyl (C=O) groups excluding carboxylic acids is 2. The minimum atomic E-state index is -1.48. The maximum Gasteiger partial charge on any atom is 0.272 e. The molecule has 0 aliphatic carbocycles. The van der Waals surface area contributed by atoms with Crippen LogP contribution in [0.2, 0.25) is 0 Å². The summed E-state index contributed by atoms with van der Waals surface area (Å²) in [6.45, 7) is 1.23. The Balaban J connectivity index is 1.37. The molecule has 0 saturated heterocycles. The fourth-order valence-corrected chi connectivity index (χ4v) is 5.97. The summed E-state index contributed by atoms with van der Waals surface area (Å²) >= 11 is 17.0. The monoisotopic (exact) mass is 845 g/mol. The molecule has 0 saturated carbocycles. The van der Waals surface area contributed by atoms with Gasteiger partial charge >= 0.3 is 0 Å². The van der Waals surface area contributed by atoms with Gasteiger partial charge in [0.25, 0.3) is 11.8 Å². The smallest absolute Gasteiger partial charge is 0.272 e. The molecule has 1 atom stereocenters. The third-order valence-corrected chi connectivity index (χ3v) is 8.69. The molecule has 0 fully saturated rings. The van der Waals surface area contributed by atoms with E-state index in [0.29, 0.717) is 35.9 Å². The SMILES string of the molecule is O=C(N/N=C/c1cc(Br)c(O)c(Br)c1O)C(Nc1ccc2ccccc2c1)C(=O)NNC(=S)Nc1ccc(CC(=S)NCCOCCO)cc1. The van der Waals surface area contributed by atoms with E-state index < -0.39 is 17.9 Å². The molecular weight excluding hydrogens is 814 g/mol. The van der Waals surface area contributed by atoms with Crippen LogP contribution >= 0.6 is 56.3 Å². The molecule has 9 N–H and O–H groups in total. The number of aliphatic hydroxyl groups is 1. The summed E-state index contributed by atoms with van der Waals surface area (Å²) < 4.78 is 5.53. The number of carbonyl (C=O) groups is 2. The molecule has 50 heavy (non-hydrogen) atoms. The number of phenols is 2. The van der Waals surface area contributed by atoms with Crippen molar-refractivity contribution in [3.8, 4) is 11.5 Å². The zero-order chi connectivity index (χ0) is 36.0. The standard InChI is InChI=1S/C33H33Br2N7O6S2/c34-25-17-22(29(44)27(35)30(25)45)18-37-40-31(46)28(38-24-10-7-20-3-1-2-4-21(20)16-24)32(47)41-42-33(50)39-23-8-5-19(6-9-23)15-26(49)36-11-13-48-14-12-43/h1-10,16-18,28,38,43-45H,11-15H2,(H,36,49)(H,40,46)(H,41,47)(H2,39,42,50)/b37-18+. The van der Waals surface area contributed by atoms with Crippen molar-refractivity contribution in [3.63, 3.8) is 0 Å². The van der Waals surface area contributed by atoms with Gasteiger partial charge in [-0.15, -0.1) is 0 Å². The molecule has 0 heterocycles. The second kappa shape index (κ2) is 19.1. The van der Waals surface area contributed by atoms with Crippen molar-refractivity contribution >= 4 is 107 Å². The van der Waals surface area contributed by atoms with E-state index >= 15 is 0 Å². The van der Waals surface area contributed by atoms with Crippen molar-refractivity contribution in [1.82, 2.24) is 21.6 Å². The van der Waals surface area contributed by atoms with Crippen LogP contribution in [-0.4, -0.2) is 75.9 Å². The van der Waals surface area contributed by atoms with Crippen LogP contribution in [0.5, 0.6) is 11.5 Å². The van der Waals surface area contributed by atoms with Gasteiger partial charge in [0, 0.05) is 29.9 Å². The van der Waals surface area contributed by atoms with Crippen LogP contribution in [-0.2, 0) is 20.7 Å². The third kappa shape index (κ3) is 11.3. The van der Waals surface area contributed by atoms with E-state index in [2.05, 4.69) is 69.2 Å². The van der Waals surface area contributed by atoms with Gasteiger partial charge < -0.3 is 36.0 Å². The predicted octanol–water partition coefficient (Wildman–Crippen LogP) is 4.19. The zero-order valence-electron chi connectivity index (χ0n) is 26.2. The van der Waals surface area contributed by atoms with Gasteiger partial charge in [-0.3, -0.25) is 20.4 Å². The Labute approximate surface area is 315 Å². The lowest BCUT2D eigenvalue weighted by Crippen LogP contribution is -2.54. The highest BCUT2D eigenvalue weighted by Crippen LogP contribution is 2.40. The van der Waals surface area contributed by atoms with Crippen LogP contribution in [0.15, 0.2) is 86.8 Å². The first-order valence-corrected chi connectivity index (χ1v) is 17.3. The Morgan fingerprint density at radius 2 is 1.60 bits per heavy atom. The molecule has 17 heteroatoms. The molecule has 0 spiro atoms. The van der Waals surface area contributed by atoms with E-state index in [1.165, 1.54) is 6.07 Å². The second-order valence-electron chi connectivity index (χ2n) is 10.5. The number of amides is 2. The Hall–Kier alpha value is -4.39. The number of fused-ring (bicyclic) bond motifs is 1. The van der Waals surface area contributed by atoms with Gasteiger partial charge in [-0.2, -0.15) is 5.10 Å². The number of rotatable bonds is 14. The number of hydrazine groups is 1. The summed E-state index contributed by atoms with van der Waals surface area (Å²) in [5.41, 5.74) is 9.66. The van der Waals surface area contributed by atoms with Gasteiger partial charge in [0.2, 0.25) is 0 Å². The van der Waals surface area contributed by atoms with Gasteiger partial charge in [-0.25, -0.2) is 5.43 Å². The summed E-state index contributed by atoms with van der Waals surface area (Å²) in [7, 11) is 0. The van der Waals surface area contributed by atoms with E-state index in [9.17, 15) is 19.8 Å². The van der Waals surface area contributed by atoms with Crippen LogP contribution < -0.4 is 32.2 Å². The molecule has 0 radical (unpaired) electrons. The first-order valence-electron chi connectivity index (χ1n) is 14.9. The second-order valence-corrected chi connectivity index (χ2v) is 13.0. The number of benzene rings is 4. The topological polar surface area (TPSA) is 189 Å². The molecule has 4 rings (SSSR count). The molecule has 13 nitrogen and oxygen atoms in total. The summed E-state index contributed by atoms with van der Waals surface area (Å²) in [4.78, 5) is 27.3. The van der Waals surface area contributed by atoms with E-state index in [-0.39, 0.29) is 44.3 Å². The minimum absolute atomic E-state index is 0.0266. The largest absolute Gasteiger partial charge is 0.506 e. The summed E-state index contributed by atoms with van der Waals surface area (Å²) in [6, 6.07) is 20.3. The number of anilines is 2. The van der Waals surface area contributed by atoms with Gasteiger partial charge in [-0.05, 0) is 90.7 Å². The van der Waals surface area contributed by atoms with Crippen LogP contribution in [0.3, 0.4) is 0 Å². The lowest BCUT2D eigenvalue weighted by atomic mass is 10.1. The molecule has 1 unspecified atom stereocenters. The van der Waals surface area contributed by atoms with Crippen molar-refractivity contribution < 1.29 is 29.6 Å². The first-order chi connectivity index (χ1) is 24.0. The molecule has 0 aromatic heterocycles. The zero-order valence-corrected chi connectivity index (χ0v) is 31.0. The fourth-order valence-electron chi connectivity index (χ4n) is 4.38. The Bertz CT molecular complexity index is 1880. The highest BCUT2D eigenvalue weighted by Gasteiger charge is 2.27. The number of phenolic OH excluding ortho intramolecular Hbond substituents is 2. The van der Waals surface area contributed by atoms with Crippen molar-refractivity contribution in [2.24, 2.45) is 5.10 Å². The van der Waals surface area contributed by atoms with Crippen LogP contribution in [0, 0.1) is 0 Å². The number of halogens is 2. The maximum absolute atomic E-state index is 13.3. The third-order valence-electron chi connectivity index (χ3n) is 6.84. The van der Waals surface area contributed by atoms with Gasteiger partial charge in [0.15, 0.2) is 11.2 Å². The molecule has 0 aliphatic rings. The van der Waals surface area contributed by atoms with Crippen molar-refractivity contribution in [2.45, 2.75) is 12.5 Å². The van der Waals surface area contributed by atoms with E-state index in [1.54, 1.807) is 24.3 Å². The van der Waals surface area contributed by atoms with Crippen LogP contribution in [0.1, 0.15) is 11.1 Å². The minimum Gasteiger partial charge on any atom is -0.506 e. The van der Waals surface area contributed by atoms with E-state index in [4.69, 9.17) is 34.3 Å². The molecule has 4 aromatic rings. The fraction of sp³-hybridized carbons (Fsp3) is 0.182. The summed E-state index contributed by atoms with van der Waals surface area (Å²) in [5.74, 6) is -2.09. The maximum atomic E-state index is 13.3. The molecular formula is C33H33Br2N7O6S2. The lowest BCUT2D eigenvalue weighted by molar-refractivity contribution is -0.130. The average molecular weight is 848 g/mol. The summed E-state index contributed by atoms with van der Waals surface area (Å²) in [5, 5.41) is 43.9. The Morgan fingerprint density at radius 3 is 2.34 bits per heavy atom. The quantitative estimate of drug-likeness (QED) is 0.0290. The van der Waals surface area contributed by atoms with Gasteiger partial charge in [0.05, 0.1) is 35.5 Å². The first kappa shape index (κ1) is 38.4. The Kier molecular flexibility index (Phi) is 14.7. The molecule has 262 valence electrons. The highest BCUT2D eigenvalue weighted by atomic mass is 79.9. The number of aromatic hydroxyl groups is 2. The molecule has 2 amide bonds. The van der Waals surface area contributed by atoms with Crippen LogP contribution in [0.4, 0.5) is 11.4 Å². The molecule has 0 bridgehead atoms.